The number of carbonyl (C=O) groups excluding carboxylic acids is 1. The average molecular weight is 349 g/mol. The molecule has 0 atom stereocenters. The average Bonchev–Trinajstić information content (AvgIpc) is 2.74. The molecule has 1 N–H and O–H groups in total. The molecule has 1 saturated heterocycles. The van der Waals surface area contributed by atoms with E-state index >= 15 is 0 Å². The number of carbonyl (C=O) groups is 2. The standard InChI is InChI=1S/C17H19NO3S2/c1-12-6-5-7-13(10-12)11-14-16(21)18(17(22)23-14)9-4-2-3-8-15(19)20/h5-7,10-11H,2-4,8-9H2,1H3,(H,19,20)/b14-11-. The first-order chi connectivity index (χ1) is 11.0. The van der Waals surface area contributed by atoms with Crippen molar-refractivity contribution in [1.29, 1.82) is 0 Å². The molecule has 23 heavy (non-hydrogen) atoms. The van der Waals surface area contributed by atoms with E-state index in [1.807, 2.05) is 37.3 Å². The third kappa shape index (κ3) is 5.18. The zero-order chi connectivity index (χ0) is 16.8. The van der Waals surface area contributed by atoms with Gasteiger partial charge in [-0.05, 0) is 31.4 Å². The van der Waals surface area contributed by atoms with Crippen LogP contribution in [0.15, 0.2) is 29.2 Å². The molecule has 6 heteroatoms. The smallest absolute Gasteiger partial charge is 0.303 e. The lowest BCUT2D eigenvalue weighted by Crippen LogP contribution is -2.29. The van der Waals surface area contributed by atoms with Gasteiger partial charge in [0, 0.05) is 13.0 Å². The molecule has 1 aliphatic rings. The van der Waals surface area contributed by atoms with Crippen molar-refractivity contribution in [2.45, 2.75) is 32.6 Å². The van der Waals surface area contributed by atoms with Gasteiger partial charge < -0.3 is 5.11 Å². The highest BCUT2D eigenvalue weighted by molar-refractivity contribution is 8.26. The normalized spacial score (nSPS) is 16.4. The first-order valence-corrected chi connectivity index (χ1v) is 8.73. The summed E-state index contributed by atoms with van der Waals surface area (Å²) in [4.78, 5) is 25.2. The lowest BCUT2D eigenvalue weighted by atomic mass is 10.1. The molecule has 1 amide bonds. The van der Waals surface area contributed by atoms with Crippen LogP contribution >= 0.6 is 24.0 Å². The van der Waals surface area contributed by atoms with Crippen molar-refractivity contribution < 1.29 is 14.7 Å². The third-order valence-corrected chi connectivity index (χ3v) is 4.86. The number of aliphatic carboxylic acids is 1. The first kappa shape index (κ1) is 17.7. The molecule has 0 aromatic heterocycles. The van der Waals surface area contributed by atoms with Crippen LogP contribution < -0.4 is 0 Å². The van der Waals surface area contributed by atoms with Crippen LogP contribution in [0.4, 0.5) is 0 Å². The fourth-order valence-electron chi connectivity index (χ4n) is 2.33. The van der Waals surface area contributed by atoms with Crippen LogP contribution in [0.2, 0.25) is 0 Å². The number of hydrogen-bond donors (Lipinski definition) is 1. The summed E-state index contributed by atoms with van der Waals surface area (Å²) in [6.45, 7) is 2.56. The minimum absolute atomic E-state index is 0.0558. The highest BCUT2D eigenvalue weighted by Gasteiger charge is 2.31. The Hall–Kier alpha value is -1.66. The van der Waals surface area contributed by atoms with Gasteiger partial charge in [0.15, 0.2) is 0 Å². The molecule has 1 aliphatic heterocycles. The Morgan fingerprint density at radius 2 is 2.13 bits per heavy atom. The van der Waals surface area contributed by atoms with Crippen molar-refractivity contribution in [3.8, 4) is 0 Å². The predicted molar refractivity (Wildman–Crippen MR) is 97.2 cm³/mol. The molecular weight excluding hydrogens is 330 g/mol. The van der Waals surface area contributed by atoms with E-state index in [4.69, 9.17) is 17.3 Å². The lowest BCUT2D eigenvalue weighted by molar-refractivity contribution is -0.137. The first-order valence-electron chi connectivity index (χ1n) is 7.51. The molecule has 0 radical (unpaired) electrons. The third-order valence-electron chi connectivity index (χ3n) is 3.49. The van der Waals surface area contributed by atoms with Crippen molar-refractivity contribution in [1.82, 2.24) is 4.90 Å². The summed E-state index contributed by atoms with van der Waals surface area (Å²) in [6.07, 6.45) is 4.21. The van der Waals surface area contributed by atoms with Crippen LogP contribution in [0.3, 0.4) is 0 Å². The SMILES string of the molecule is Cc1cccc(/C=C2\SC(=S)N(CCCCCC(=O)O)C2=O)c1. The number of hydrogen-bond acceptors (Lipinski definition) is 4. The Morgan fingerprint density at radius 3 is 2.83 bits per heavy atom. The molecule has 1 fully saturated rings. The van der Waals surface area contributed by atoms with E-state index in [9.17, 15) is 9.59 Å². The van der Waals surface area contributed by atoms with E-state index in [1.165, 1.54) is 11.8 Å². The number of thiocarbonyl (C=S) groups is 1. The Bertz CT molecular complexity index is 655. The summed E-state index contributed by atoms with van der Waals surface area (Å²) in [5, 5.41) is 8.61. The molecule has 0 saturated carbocycles. The second-order valence-electron chi connectivity index (χ2n) is 5.45. The zero-order valence-electron chi connectivity index (χ0n) is 12.9. The number of rotatable bonds is 7. The van der Waals surface area contributed by atoms with Crippen LogP contribution in [0, 0.1) is 6.92 Å². The second kappa shape index (κ2) is 8.26. The van der Waals surface area contributed by atoms with E-state index in [2.05, 4.69) is 0 Å². The number of thioether (sulfide) groups is 1. The fraction of sp³-hybridized carbons (Fsp3) is 0.353. The Morgan fingerprint density at radius 1 is 1.35 bits per heavy atom. The molecule has 1 heterocycles. The number of aryl methyl sites for hydroxylation is 1. The minimum Gasteiger partial charge on any atom is -0.481 e. The summed E-state index contributed by atoms with van der Waals surface area (Å²) in [6, 6.07) is 7.97. The number of benzene rings is 1. The maximum atomic E-state index is 12.4. The number of carboxylic acids is 1. The Kier molecular flexibility index (Phi) is 6.36. The Balaban J connectivity index is 1.93. The van der Waals surface area contributed by atoms with Crippen LogP contribution in [-0.2, 0) is 9.59 Å². The van der Waals surface area contributed by atoms with Gasteiger partial charge in [-0.15, -0.1) is 0 Å². The molecule has 4 nitrogen and oxygen atoms in total. The van der Waals surface area contributed by atoms with E-state index in [0.717, 1.165) is 24.0 Å². The van der Waals surface area contributed by atoms with Gasteiger partial charge in [0.2, 0.25) is 0 Å². The lowest BCUT2D eigenvalue weighted by Gasteiger charge is -2.13. The topological polar surface area (TPSA) is 57.6 Å². The van der Waals surface area contributed by atoms with E-state index < -0.39 is 5.97 Å². The summed E-state index contributed by atoms with van der Waals surface area (Å²) in [7, 11) is 0. The molecule has 0 bridgehead atoms. The minimum atomic E-state index is -0.781. The quantitative estimate of drug-likeness (QED) is 0.460. The van der Waals surface area contributed by atoms with Gasteiger partial charge in [0.1, 0.15) is 4.32 Å². The maximum Gasteiger partial charge on any atom is 0.303 e. The molecule has 1 aromatic carbocycles. The van der Waals surface area contributed by atoms with E-state index in [1.54, 1.807) is 4.90 Å². The number of nitrogens with zero attached hydrogens (tertiary/aromatic N) is 1. The molecule has 0 aliphatic carbocycles. The van der Waals surface area contributed by atoms with Crippen molar-refractivity contribution >= 4 is 46.3 Å². The summed E-state index contributed by atoms with van der Waals surface area (Å²) >= 11 is 6.62. The highest BCUT2D eigenvalue weighted by atomic mass is 32.2. The fourth-order valence-corrected chi connectivity index (χ4v) is 3.64. The van der Waals surface area contributed by atoms with Crippen LogP contribution in [0.1, 0.15) is 36.8 Å². The summed E-state index contributed by atoms with van der Waals surface area (Å²) in [5.74, 6) is -0.837. The van der Waals surface area contributed by atoms with Crippen molar-refractivity contribution in [2.24, 2.45) is 0 Å². The number of carboxylic acid groups (broad SMARTS) is 1. The van der Waals surface area contributed by atoms with Crippen molar-refractivity contribution in [2.75, 3.05) is 6.54 Å². The Labute approximate surface area is 145 Å². The number of amides is 1. The van der Waals surface area contributed by atoms with Gasteiger partial charge in [-0.25, -0.2) is 0 Å². The molecule has 1 aromatic rings. The van der Waals surface area contributed by atoms with Gasteiger partial charge >= 0.3 is 5.97 Å². The molecule has 0 unspecified atom stereocenters. The van der Waals surface area contributed by atoms with Crippen LogP contribution in [0.25, 0.3) is 6.08 Å². The number of unbranched alkanes of at least 4 members (excludes halogenated alkanes) is 2. The highest BCUT2D eigenvalue weighted by Crippen LogP contribution is 2.32. The largest absolute Gasteiger partial charge is 0.481 e. The molecule has 0 spiro atoms. The monoisotopic (exact) mass is 349 g/mol. The maximum absolute atomic E-state index is 12.4. The van der Waals surface area contributed by atoms with Gasteiger partial charge in [0.05, 0.1) is 4.91 Å². The second-order valence-corrected chi connectivity index (χ2v) is 7.13. The van der Waals surface area contributed by atoms with Gasteiger partial charge in [-0.3, -0.25) is 14.5 Å². The van der Waals surface area contributed by atoms with Crippen LogP contribution in [-0.4, -0.2) is 32.7 Å². The predicted octanol–water partition coefficient (Wildman–Crippen LogP) is 3.84. The summed E-state index contributed by atoms with van der Waals surface area (Å²) < 4.78 is 0.576. The van der Waals surface area contributed by atoms with Gasteiger partial charge in [-0.1, -0.05) is 60.2 Å². The van der Waals surface area contributed by atoms with E-state index in [-0.39, 0.29) is 12.3 Å². The van der Waals surface area contributed by atoms with E-state index in [0.29, 0.717) is 22.2 Å². The van der Waals surface area contributed by atoms with Crippen molar-refractivity contribution in [3.63, 3.8) is 0 Å². The molecule has 2 rings (SSSR count). The van der Waals surface area contributed by atoms with Crippen LogP contribution in [0.5, 0.6) is 0 Å². The molecular formula is C17H19NO3S2. The van der Waals surface area contributed by atoms with Crippen molar-refractivity contribution in [3.05, 3.63) is 40.3 Å². The van der Waals surface area contributed by atoms with Gasteiger partial charge in [0.25, 0.3) is 5.91 Å². The van der Waals surface area contributed by atoms with Gasteiger partial charge in [-0.2, -0.15) is 0 Å². The zero-order valence-corrected chi connectivity index (χ0v) is 14.6. The molecule has 122 valence electrons. The summed E-state index contributed by atoms with van der Waals surface area (Å²) in [5.41, 5.74) is 2.14.